The molecule has 0 aliphatic heterocycles. The van der Waals surface area contributed by atoms with Crippen LogP contribution in [0.3, 0.4) is 0 Å². The minimum Gasteiger partial charge on any atom is -0.299 e. The van der Waals surface area contributed by atoms with Gasteiger partial charge in [-0.25, -0.2) is 0 Å². The number of halogens is 1. The number of carbonyl (C=O) groups is 1. The van der Waals surface area contributed by atoms with Gasteiger partial charge in [0.25, 0.3) is 0 Å². The molecule has 0 aromatic heterocycles. The van der Waals surface area contributed by atoms with E-state index < -0.39 is 0 Å². The van der Waals surface area contributed by atoms with Crippen LogP contribution in [0.2, 0.25) is 0 Å². The summed E-state index contributed by atoms with van der Waals surface area (Å²) in [4.78, 5) is 11.4. The van der Waals surface area contributed by atoms with Gasteiger partial charge in [0.2, 0.25) is 0 Å². The summed E-state index contributed by atoms with van der Waals surface area (Å²) in [7, 11) is 0. The molecule has 0 amide bonds. The monoisotopic (exact) mass is 250 g/mol. The number of rotatable bonds is 4. The Balaban J connectivity index is 2.53. The maximum Gasteiger partial charge on any atom is 0.138 e. The molecule has 1 aromatic carbocycles. The van der Waals surface area contributed by atoms with Crippen LogP contribution in [-0.4, -0.2) is 5.78 Å². The van der Waals surface area contributed by atoms with Gasteiger partial charge >= 0.3 is 0 Å². The van der Waals surface area contributed by atoms with E-state index in [1.54, 1.807) is 0 Å². The highest BCUT2D eigenvalue weighted by molar-refractivity contribution is 9.10. The summed E-state index contributed by atoms with van der Waals surface area (Å²) in [5.41, 5.74) is 1.03. The summed E-state index contributed by atoms with van der Waals surface area (Å²) in [6.07, 6.45) is 6.57. The normalized spacial score (nSPS) is 9.43. The molecule has 1 rings (SSSR count). The van der Waals surface area contributed by atoms with Crippen molar-refractivity contribution in [3.63, 3.8) is 0 Å². The Bertz CT molecular complexity index is 363. The SMILES string of the molecule is C#CCCC(=O)Cc1cccc(Br)c1. The van der Waals surface area contributed by atoms with Crippen molar-refractivity contribution in [3.05, 3.63) is 34.3 Å². The van der Waals surface area contributed by atoms with E-state index in [1.165, 1.54) is 0 Å². The molecule has 2 heteroatoms. The van der Waals surface area contributed by atoms with Gasteiger partial charge in [-0.1, -0.05) is 28.1 Å². The lowest BCUT2D eigenvalue weighted by atomic mass is 10.1. The second-order valence-electron chi connectivity index (χ2n) is 3.05. The number of benzene rings is 1. The Morgan fingerprint density at radius 2 is 2.29 bits per heavy atom. The van der Waals surface area contributed by atoms with E-state index >= 15 is 0 Å². The van der Waals surface area contributed by atoms with Gasteiger partial charge in [0.15, 0.2) is 0 Å². The molecule has 0 heterocycles. The summed E-state index contributed by atoms with van der Waals surface area (Å²) < 4.78 is 1.000. The lowest BCUT2D eigenvalue weighted by molar-refractivity contribution is -0.118. The van der Waals surface area contributed by atoms with Gasteiger partial charge < -0.3 is 0 Å². The third-order valence-electron chi connectivity index (χ3n) is 1.84. The smallest absolute Gasteiger partial charge is 0.138 e. The maximum absolute atomic E-state index is 11.4. The molecule has 0 bridgehead atoms. The van der Waals surface area contributed by atoms with Gasteiger partial charge in [-0.3, -0.25) is 4.79 Å². The summed E-state index contributed by atoms with van der Waals surface area (Å²) in [6, 6.07) is 7.76. The molecular formula is C12H11BrO. The Hall–Kier alpha value is -1.07. The van der Waals surface area contributed by atoms with Crippen molar-refractivity contribution in [1.29, 1.82) is 0 Å². The molecule has 0 aliphatic rings. The van der Waals surface area contributed by atoms with Crippen LogP contribution in [0.25, 0.3) is 0 Å². The van der Waals surface area contributed by atoms with Crippen LogP contribution in [-0.2, 0) is 11.2 Å². The summed E-state index contributed by atoms with van der Waals surface area (Å²) in [6.45, 7) is 0. The van der Waals surface area contributed by atoms with Gasteiger partial charge in [-0.05, 0) is 17.7 Å². The van der Waals surface area contributed by atoms with Crippen molar-refractivity contribution in [2.75, 3.05) is 0 Å². The molecule has 0 fully saturated rings. The van der Waals surface area contributed by atoms with E-state index in [0.717, 1.165) is 10.0 Å². The topological polar surface area (TPSA) is 17.1 Å². The molecule has 14 heavy (non-hydrogen) atoms. The van der Waals surface area contributed by atoms with Gasteiger partial charge in [0, 0.05) is 23.7 Å². The predicted octanol–water partition coefficient (Wildman–Crippen LogP) is 2.97. The van der Waals surface area contributed by atoms with Gasteiger partial charge in [-0.15, -0.1) is 12.3 Å². The molecule has 0 radical (unpaired) electrons. The zero-order valence-electron chi connectivity index (χ0n) is 7.79. The fourth-order valence-corrected chi connectivity index (χ4v) is 1.62. The fourth-order valence-electron chi connectivity index (χ4n) is 1.17. The zero-order chi connectivity index (χ0) is 10.4. The molecule has 0 unspecified atom stereocenters. The van der Waals surface area contributed by atoms with Crippen molar-refractivity contribution in [2.24, 2.45) is 0 Å². The van der Waals surface area contributed by atoms with Gasteiger partial charge in [0.1, 0.15) is 5.78 Å². The van der Waals surface area contributed by atoms with Crippen molar-refractivity contribution >= 4 is 21.7 Å². The van der Waals surface area contributed by atoms with Crippen LogP contribution in [0.5, 0.6) is 0 Å². The average Bonchev–Trinajstić information content (AvgIpc) is 2.15. The van der Waals surface area contributed by atoms with Crippen LogP contribution in [0, 0.1) is 12.3 Å². The number of carbonyl (C=O) groups excluding carboxylic acids is 1. The largest absolute Gasteiger partial charge is 0.299 e. The molecule has 72 valence electrons. The highest BCUT2D eigenvalue weighted by Crippen LogP contribution is 2.12. The van der Waals surface area contributed by atoms with Crippen LogP contribution in [0.1, 0.15) is 18.4 Å². The molecule has 1 aromatic rings. The number of ketones is 1. The summed E-state index contributed by atoms with van der Waals surface area (Å²) in [5, 5.41) is 0. The van der Waals surface area contributed by atoms with Crippen LogP contribution in [0.15, 0.2) is 28.7 Å². The Morgan fingerprint density at radius 1 is 1.50 bits per heavy atom. The maximum atomic E-state index is 11.4. The van der Waals surface area contributed by atoms with E-state index in [1.807, 2.05) is 24.3 Å². The Kier molecular flexibility index (Phi) is 4.42. The van der Waals surface area contributed by atoms with Crippen molar-refractivity contribution < 1.29 is 4.79 Å². The second-order valence-corrected chi connectivity index (χ2v) is 3.97. The molecule has 1 nitrogen and oxygen atoms in total. The van der Waals surface area contributed by atoms with E-state index in [4.69, 9.17) is 6.42 Å². The Morgan fingerprint density at radius 3 is 2.93 bits per heavy atom. The predicted molar refractivity (Wildman–Crippen MR) is 60.9 cm³/mol. The lowest BCUT2D eigenvalue weighted by Gasteiger charge is -1.99. The summed E-state index contributed by atoms with van der Waals surface area (Å²) in [5.74, 6) is 2.66. The highest BCUT2D eigenvalue weighted by Gasteiger charge is 2.02. The lowest BCUT2D eigenvalue weighted by Crippen LogP contribution is -2.01. The molecular weight excluding hydrogens is 240 g/mol. The van der Waals surface area contributed by atoms with E-state index in [0.29, 0.717) is 19.3 Å². The van der Waals surface area contributed by atoms with Gasteiger partial charge in [-0.2, -0.15) is 0 Å². The third-order valence-corrected chi connectivity index (χ3v) is 2.33. The molecule has 0 aliphatic carbocycles. The minimum atomic E-state index is 0.195. The van der Waals surface area contributed by atoms with Crippen molar-refractivity contribution in [2.45, 2.75) is 19.3 Å². The van der Waals surface area contributed by atoms with Crippen molar-refractivity contribution in [1.82, 2.24) is 0 Å². The first-order valence-corrected chi connectivity index (χ1v) is 5.21. The number of Topliss-reactive ketones (excluding diaryl/α,β-unsaturated/α-hetero) is 1. The second kappa shape index (κ2) is 5.62. The van der Waals surface area contributed by atoms with E-state index in [9.17, 15) is 4.79 Å². The molecule has 0 N–H and O–H groups in total. The van der Waals surface area contributed by atoms with Crippen LogP contribution in [0.4, 0.5) is 0 Å². The van der Waals surface area contributed by atoms with E-state index in [-0.39, 0.29) is 5.78 Å². The first kappa shape index (κ1) is 11.0. The molecule has 0 atom stereocenters. The Labute approximate surface area is 92.6 Å². The average molecular weight is 251 g/mol. The minimum absolute atomic E-state index is 0.195. The quantitative estimate of drug-likeness (QED) is 0.752. The first-order chi connectivity index (χ1) is 6.72. The summed E-state index contributed by atoms with van der Waals surface area (Å²) >= 11 is 3.36. The molecule has 0 spiro atoms. The standard InChI is InChI=1S/C12H11BrO/c1-2-3-7-12(14)9-10-5-4-6-11(13)8-10/h1,4-6,8H,3,7,9H2. The van der Waals surface area contributed by atoms with Gasteiger partial charge in [0.05, 0.1) is 0 Å². The number of terminal acetylenes is 1. The van der Waals surface area contributed by atoms with Crippen molar-refractivity contribution in [3.8, 4) is 12.3 Å². The molecule has 0 saturated heterocycles. The first-order valence-electron chi connectivity index (χ1n) is 4.42. The van der Waals surface area contributed by atoms with Crippen LogP contribution >= 0.6 is 15.9 Å². The zero-order valence-corrected chi connectivity index (χ0v) is 9.38. The fraction of sp³-hybridized carbons (Fsp3) is 0.250. The third kappa shape index (κ3) is 3.76. The number of hydrogen-bond donors (Lipinski definition) is 0. The van der Waals surface area contributed by atoms with Crippen LogP contribution < -0.4 is 0 Å². The molecule has 0 saturated carbocycles. The number of hydrogen-bond acceptors (Lipinski definition) is 1. The van der Waals surface area contributed by atoms with E-state index in [2.05, 4.69) is 21.9 Å². The highest BCUT2D eigenvalue weighted by atomic mass is 79.9.